The van der Waals surface area contributed by atoms with Gasteiger partial charge in [0.1, 0.15) is 17.4 Å². The van der Waals surface area contributed by atoms with E-state index in [9.17, 15) is 10.1 Å². The third kappa shape index (κ3) is 6.52. The Morgan fingerprint density at radius 3 is 2.52 bits per heavy atom. The number of carbonyl (C=O) groups excluding carboxylic acids is 1. The van der Waals surface area contributed by atoms with E-state index in [1.807, 2.05) is 43.3 Å². The second-order valence-electron chi connectivity index (χ2n) is 6.93. The van der Waals surface area contributed by atoms with E-state index in [0.29, 0.717) is 45.1 Å². The highest BCUT2D eigenvalue weighted by atomic mass is 79.9. The summed E-state index contributed by atoms with van der Waals surface area (Å²) >= 11 is 21.8. The highest BCUT2D eigenvalue weighted by Gasteiger charge is 2.15. The maximum absolute atomic E-state index is 12.6. The van der Waals surface area contributed by atoms with Crippen LogP contribution in [0.5, 0.6) is 5.75 Å². The van der Waals surface area contributed by atoms with Gasteiger partial charge in [-0.3, -0.25) is 4.79 Å². The topological polar surface area (TPSA) is 62.1 Å². The van der Waals surface area contributed by atoms with E-state index in [0.717, 1.165) is 15.6 Å². The molecule has 0 aliphatic rings. The van der Waals surface area contributed by atoms with E-state index < -0.39 is 5.91 Å². The number of nitriles is 1. The minimum atomic E-state index is -0.565. The molecule has 168 valence electrons. The van der Waals surface area contributed by atoms with Crippen molar-refractivity contribution >= 4 is 68.4 Å². The van der Waals surface area contributed by atoms with Gasteiger partial charge in [0.2, 0.25) is 0 Å². The molecule has 3 aromatic carbocycles. The quantitative estimate of drug-likeness (QED) is 0.234. The first-order valence-corrected chi connectivity index (χ1v) is 11.8. The van der Waals surface area contributed by atoms with Gasteiger partial charge in [0, 0.05) is 27.2 Å². The Bertz CT molecular complexity index is 1270. The highest BCUT2D eigenvalue weighted by Crippen LogP contribution is 2.34. The molecule has 3 aromatic rings. The van der Waals surface area contributed by atoms with Crippen LogP contribution in [0.1, 0.15) is 23.6 Å². The molecule has 0 heterocycles. The van der Waals surface area contributed by atoms with Crippen molar-refractivity contribution in [3.05, 3.63) is 96.4 Å². The maximum Gasteiger partial charge on any atom is 0.266 e. The Morgan fingerprint density at radius 1 is 1.09 bits per heavy atom. The molecule has 3 rings (SSSR count). The lowest BCUT2D eigenvalue weighted by Gasteiger charge is -2.15. The van der Waals surface area contributed by atoms with Crippen LogP contribution in [-0.4, -0.2) is 12.5 Å². The van der Waals surface area contributed by atoms with Gasteiger partial charge in [-0.05, 0) is 60.5 Å². The van der Waals surface area contributed by atoms with Gasteiger partial charge in [0.15, 0.2) is 0 Å². The van der Waals surface area contributed by atoms with Crippen LogP contribution < -0.4 is 10.1 Å². The van der Waals surface area contributed by atoms with Crippen LogP contribution >= 0.6 is 50.7 Å². The molecule has 0 unspecified atom stereocenters. The summed E-state index contributed by atoms with van der Waals surface area (Å²) in [4.78, 5) is 12.6. The van der Waals surface area contributed by atoms with Crippen molar-refractivity contribution in [1.29, 1.82) is 5.26 Å². The Labute approximate surface area is 215 Å². The number of hydrogen-bond donors (Lipinski definition) is 1. The summed E-state index contributed by atoms with van der Waals surface area (Å²) in [6.07, 6.45) is 2.06. The van der Waals surface area contributed by atoms with Gasteiger partial charge in [-0.25, -0.2) is 0 Å². The second-order valence-corrected chi connectivity index (χ2v) is 9.01. The number of nitrogens with one attached hydrogen (secondary N) is 1. The van der Waals surface area contributed by atoms with E-state index in [-0.39, 0.29) is 5.57 Å². The molecule has 0 saturated heterocycles. The number of carbonyl (C=O) groups is 1. The van der Waals surface area contributed by atoms with Crippen LogP contribution in [0.25, 0.3) is 6.08 Å². The maximum atomic E-state index is 12.6. The van der Waals surface area contributed by atoms with Crippen molar-refractivity contribution in [2.45, 2.75) is 13.3 Å². The van der Waals surface area contributed by atoms with Gasteiger partial charge >= 0.3 is 0 Å². The molecule has 1 N–H and O–H groups in total. The standard InChI is InChI=1S/C25H18BrCl3N2O2/c1-2-33-24-11-15(10-20(26)19(24)12-16-5-3-4-6-21(16)27)9-17(14-30)25(32)31-18-7-8-22(28)23(29)13-18/h3-11,13H,2,12H2,1H3,(H,31,32)/b17-9+. The first-order valence-electron chi connectivity index (χ1n) is 9.89. The first kappa shape index (κ1) is 25.1. The molecular formula is C25H18BrCl3N2O2. The number of anilines is 1. The van der Waals surface area contributed by atoms with Crippen molar-refractivity contribution in [1.82, 2.24) is 0 Å². The van der Waals surface area contributed by atoms with Crippen LogP contribution in [0.4, 0.5) is 5.69 Å². The zero-order valence-electron chi connectivity index (χ0n) is 17.5. The SMILES string of the molecule is CCOc1cc(/C=C(\C#N)C(=O)Nc2ccc(Cl)c(Cl)c2)cc(Br)c1Cc1ccccc1Cl. The van der Waals surface area contributed by atoms with Gasteiger partial charge in [0.05, 0.1) is 16.7 Å². The summed E-state index contributed by atoms with van der Waals surface area (Å²) in [5.74, 6) is 0.0744. The normalized spacial score (nSPS) is 11.1. The molecule has 0 fully saturated rings. The summed E-state index contributed by atoms with van der Waals surface area (Å²) in [5.41, 5.74) is 2.87. The fourth-order valence-corrected chi connectivity index (χ4v) is 4.19. The van der Waals surface area contributed by atoms with E-state index in [4.69, 9.17) is 39.5 Å². The molecule has 0 saturated carbocycles. The zero-order valence-corrected chi connectivity index (χ0v) is 21.3. The Morgan fingerprint density at radius 2 is 1.85 bits per heavy atom. The molecule has 0 spiro atoms. The van der Waals surface area contributed by atoms with Gasteiger partial charge in [-0.1, -0.05) is 68.9 Å². The fraction of sp³-hybridized carbons (Fsp3) is 0.120. The molecular weight excluding hydrogens is 547 g/mol. The monoisotopic (exact) mass is 562 g/mol. The highest BCUT2D eigenvalue weighted by molar-refractivity contribution is 9.10. The molecule has 0 aliphatic heterocycles. The van der Waals surface area contributed by atoms with Crippen molar-refractivity contribution in [3.8, 4) is 11.8 Å². The third-order valence-electron chi connectivity index (χ3n) is 4.66. The van der Waals surface area contributed by atoms with Crippen molar-refractivity contribution in [2.75, 3.05) is 11.9 Å². The summed E-state index contributed by atoms with van der Waals surface area (Å²) in [6.45, 7) is 2.35. The van der Waals surface area contributed by atoms with Crippen LogP contribution in [0, 0.1) is 11.3 Å². The largest absolute Gasteiger partial charge is 0.494 e. The van der Waals surface area contributed by atoms with Crippen LogP contribution in [0.3, 0.4) is 0 Å². The Hall–Kier alpha value is -2.49. The lowest BCUT2D eigenvalue weighted by molar-refractivity contribution is -0.112. The van der Waals surface area contributed by atoms with E-state index >= 15 is 0 Å². The smallest absolute Gasteiger partial charge is 0.266 e. The average Bonchev–Trinajstić information content (AvgIpc) is 2.78. The van der Waals surface area contributed by atoms with Crippen LogP contribution in [0.2, 0.25) is 15.1 Å². The minimum absolute atomic E-state index is 0.0747. The first-order chi connectivity index (χ1) is 15.8. The van der Waals surface area contributed by atoms with Crippen molar-refractivity contribution < 1.29 is 9.53 Å². The molecule has 0 radical (unpaired) electrons. The van der Waals surface area contributed by atoms with E-state index in [2.05, 4.69) is 21.2 Å². The number of ether oxygens (including phenoxy) is 1. The fourth-order valence-electron chi connectivity index (χ4n) is 3.09. The molecule has 1 amide bonds. The van der Waals surface area contributed by atoms with Crippen molar-refractivity contribution in [3.63, 3.8) is 0 Å². The summed E-state index contributed by atoms with van der Waals surface area (Å²) < 4.78 is 6.63. The number of amides is 1. The molecule has 8 heteroatoms. The molecule has 0 aliphatic carbocycles. The average molecular weight is 565 g/mol. The van der Waals surface area contributed by atoms with Crippen LogP contribution in [-0.2, 0) is 11.2 Å². The van der Waals surface area contributed by atoms with Gasteiger partial charge < -0.3 is 10.1 Å². The predicted octanol–water partition coefficient (Wildman–Crippen LogP) is 7.94. The zero-order chi connectivity index (χ0) is 24.0. The number of benzene rings is 3. The third-order valence-corrected chi connectivity index (χ3v) is 6.47. The van der Waals surface area contributed by atoms with E-state index in [1.54, 1.807) is 18.2 Å². The molecule has 0 atom stereocenters. The number of halogens is 4. The summed E-state index contributed by atoms with van der Waals surface area (Å²) in [7, 11) is 0. The van der Waals surface area contributed by atoms with Gasteiger partial charge in [0.25, 0.3) is 5.91 Å². The Balaban J connectivity index is 1.92. The second kappa shape index (κ2) is 11.6. The lowest BCUT2D eigenvalue weighted by atomic mass is 10.0. The minimum Gasteiger partial charge on any atom is -0.494 e. The molecule has 33 heavy (non-hydrogen) atoms. The summed E-state index contributed by atoms with van der Waals surface area (Å²) in [5, 5.41) is 13.6. The number of rotatable bonds is 7. The van der Waals surface area contributed by atoms with E-state index in [1.165, 1.54) is 12.1 Å². The number of nitrogens with zero attached hydrogens (tertiary/aromatic N) is 1. The molecule has 0 bridgehead atoms. The summed E-state index contributed by atoms with van der Waals surface area (Å²) in [6, 6.07) is 17.9. The van der Waals surface area contributed by atoms with Gasteiger partial charge in [-0.15, -0.1) is 0 Å². The Kier molecular flexibility index (Phi) is 8.82. The van der Waals surface area contributed by atoms with Crippen molar-refractivity contribution in [2.24, 2.45) is 0 Å². The predicted molar refractivity (Wildman–Crippen MR) is 138 cm³/mol. The molecule has 4 nitrogen and oxygen atoms in total. The number of hydrogen-bond acceptors (Lipinski definition) is 3. The lowest BCUT2D eigenvalue weighted by Crippen LogP contribution is -2.13. The van der Waals surface area contributed by atoms with Gasteiger partial charge in [-0.2, -0.15) is 5.26 Å². The van der Waals surface area contributed by atoms with Crippen LogP contribution in [0.15, 0.2) is 64.6 Å². The molecule has 0 aromatic heterocycles.